The molecule has 1 aromatic rings. The molecule has 8 heteroatoms. The zero-order valence-electron chi connectivity index (χ0n) is 13.1. The lowest BCUT2D eigenvalue weighted by atomic mass is 10.2. The van der Waals surface area contributed by atoms with Gasteiger partial charge in [-0.05, 0) is 27.7 Å². The Hall–Kier alpha value is -2.38. The lowest BCUT2D eigenvalue weighted by molar-refractivity contribution is -0.153. The minimum absolute atomic E-state index is 0.00705. The highest BCUT2D eigenvalue weighted by Gasteiger charge is 2.29. The average Bonchev–Trinajstić information content (AvgIpc) is 2.84. The molecule has 0 saturated carbocycles. The van der Waals surface area contributed by atoms with E-state index in [4.69, 9.17) is 4.74 Å². The third-order valence-corrected chi connectivity index (χ3v) is 3.07. The molecule has 0 aliphatic carbocycles. The van der Waals surface area contributed by atoms with Crippen molar-refractivity contribution < 1.29 is 19.1 Å². The minimum Gasteiger partial charge on any atom is -0.459 e. The van der Waals surface area contributed by atoms with E-state index in [0.29, 0.717) is 6.54 Å². The summed E-state index contributed by atoms with van der Waals surface area (Å²) in [5.74, 6) is -1.48. The molecule has 22 heavy (non-hydrogen) atoms. The Labute approximate surface area is 128 Å². The number of esters is 1. The second-order valence-corrected chi connectivity index (χ2v) is 6.18. The van der Waals surface area contributed by atoms with Crippen LogP contribution in [-0.4, -0.2) is 46.0 Å². The first kappa shape index (κ1) is 16.0. The molecule has 8 nitrogen and oxygen atoms in total. The van der Waals surface area contributed by atoms with Crippen LogP contribution in [0.1, 0.15) is 54.7 Å². The van der Waals surface area contributed by atoms with Gasteiger partial charge in [0.1, 0.15) is 17.8 Å². The number of hydrogen-bond donors (Lipinski definition) is 2. The van der Waals surface area contributed by atoms with E-state index < -0.39 is 17.5 Å². The fourth-order valence-corrected chi connectivity index (χ4v) is 2.12. The van der Waals surface area contributed by atoms with Crippen LogP contribution in [0.15, 0.2) is 6.33 Å². The Bertz CT molecular complexity index is 615. The van der Waals surface area contributed by atoms with Crippen molar-refractivity contribution in [2.75, 3.05) is 13.1 Å². The van der Waals surface area contributed by atoms with Crippen LogP contribution in [-0.2, 0) is 9.53 Å². The van der Waals surface area contributed by atoms with Gasteiger partial charge in [-0.3, -0.25) is 14.4 Å². The molecular weight excluding hydrogens is 288 g/mol. The predicted molar refractivity (Wildman–Crippen MR) is 77.4 cm³/mol. The zero-order chi connectivity index (χ0) is 16.5. The lowest BCUT2D eigenvalue weighted by Gasteiger charge is -2.22. The van der Waals surface area contributed by atoms with Crippen molar-refractivity contribution in [3.05, 3.63) is 17.7 Å². The van der Waals surface area contributed by atoms with Crippen LogP contribution in [0.25, 0.3) is 0 Å². The first-order valence-electron chi connectivity index (χ1n) is 7.04. The summed E-state index contributed by atoms with van der Waals surface area (Å²) in [6.07, 6.45) is 1.46. The Morgan fingerprint density at radius 1 is 1.50 bits per heavy atom. The van der Waals surface area contributed by atoms with Gasteiger partial charge in [-0.1, -0.05) is 0 Å². The molecule has 0 aromatic carbocycles. The number of rotatable bonds is 3. The molecule has 2 N–H and O–H groups in total. The van der Waals surface area contributed by atoms with E-state index in [1.165, 1.54) is 6.33 Å². The van der Waals surface area contributed by atoms with Crippen molar-refractivity contribution >= 4 is 17.8 Å². The molecule has 1 aromatic heterocycles. The molecule has 0 spiro atoms. The Balaban J connectivity index is 2.06. The topological polar surface area (TPSA) is 102 Å². The highest BCUT2D eigenvalue weighted by molar-refractivity contribution is 6.05. The highest BCUT2D eigenvalue weighted by atomic mass is 16.6. The number of carbonyl (C=O) groups is 3. The number of fused-ring (bicyclic) bond motifs is 1. The summed E-state index contributed by atoms with van der Waals surface area (Å²) >= 11 is 0. The maximum absolute atomic E-state index is 12.1. The van der Waals surface area contributed by atoms with Crippen molar-refractivity contribution in [1.29, 1.82) is 0 Å². The lowest BCUT2D eigenvalue weighted by Crippen LogP contribution is -2.40. The number of hydrogen-bond acceptors (Lipinski definition) is 5. The molecule has 0 fully saturated rings. The standard InChI is InChI=1S/C14H20N4O4/c1-8-5-15-13(21)11-10(17-7-18(8)11)12(20)16-6-9(19)22-14(2,3)4/h7-8H,5-6H2,1-4H3,(H,15,21)(H,16,20)/t8-/m1/s1. The smallest absolute Gasteiger partial charge is 0.325 e. The number of nitrogens with one attached hydrogen (secondary N) is 2. The molecule has 0 unspecified atom stereocenters. The molecule has 2 heterocycles. The van der Waals surface area contributed by atoms with Crippen molar-refractivity contribution in [2.24, 2.45) is 0 Å². The van der Waals surface area contributed by atoms with Crippen LogP contribution in [0.3, 0.4) is 0 Å². The summed E-state index contributed by atoms with van der Waals surface area (Å²) in [6.45, 7) is 7.34. The van der Waals surface area contributed by atoms with Gasteiger partial charge in [-0.15, -0.1) is 0 Å². The van der Waals surface area contributed by atoms with Crippen LogP contribution >= 0.6 is 0 Å². The summed E-state index contributed by atoms with van der Waals surface area (Å²) < 4.78 is 6.75. The van der Waals surface area contributed by atoms with E-state index in [1.807, 2.05) is 6.92 Å². The van der Waals surface area contributed by atoms with Gasteiger partial charge in [0, 0.05) is 12.6 Å². The maximum Gasteiger partial charge on any atom is 0.325 e. The molecule has 0 saturated heterocycles. The highest BCUT2D eigenvalue weighted by Crippen LogP contribution is 2.18. The van der Waals surface area contributed by atoms with Gasteiger partial charge >= 0.3 is 5.97 Å². The van der Waals surface area contributed by atoms with Crippen LogP contribution < -0.4 is 10.6 Å². The van der Waals surface area contributed by atoms with E-state index in [1.54, 1.807) is 25.3 Å². The Morgan fingerprint density at radius 2 is 2.18 bits per heavy atom. The summed E-state index contributed by atoms with van der Waals surface area (Å²) in [6, 6.07) is 0.0209. The van der Waals surface area contributed by atoms with Gasteiger partial charge in [0.05, 0.1) is 6.33 Å². The van der Waals surface area contributed by atoms with E-state index in [-0.39, 0.29) is 29.9 Å². The largest absolute Gasteiger partial charge is 0.459 e. The van der Waals surface area contributed by atoms with Crippen molar-refractivity contribution in [2.45, 2.75) is 39.3 Å². The SMILES string of the molecule is C[C@@H]1CNC(=O)c2c(C(=O)NCC(=O)OC(C)(C)C)ncn21. The molecule has 0 bridgehead atoms. The summed E-state index contributed by atoms with van der Waals surface area (Å²) in [5, 5.41) is 5.12. The predicted octanol–water partition coefficient (Wildman–Crippen LogP) is 0.259. The average molecular weight is 308 g/mol. The van der Waals surface area contributed by atoms with Gasteiger partial charge < -0.3 is 19.9 Å². The van der Waals surface area contributed by atoms with Gasteiger partial charge in [0.2, 0.25) is 0 Å². The molecule has 2 rings (SSSR count). The molecule has 0 radical (unpaired) electrons. The van der Waals surface area contributed by atoms with E-state index in [2.05, 4.69) is 15.6 Å². The van der Waals surface area contributed by atoms with E-state index >= 15 is 0 Å². The number of carbonyl (C=O) groups excluding carboxylic acids is 3. The molecule has 1 atom stereocenters. The van der Waals surface area contributed by atoms with Crippen LogP contribution in [0, 0.1) is 0 Å². The second-order valence-electron chi connectivity index (χ2n) is 6.18. The van der Waals surface area contributed by atoms with Crippen LogP contribution in [0.4, 0.5) is 0 Å². The number of imidazole rings is 1. The summed E-state index contributed by atoms with van der Waals surface area (Å²) in [4.78, 5) is 39.6. The Morgan fingerprint density at radius 3 is 2.82 bits per heavy atom. The Kier molecular flexibility index (Phi) is 4.20. The van der Waals surface area contributed by atoms with E-state index in [9.17, 15) is 14.4 Å². The van der Waals surface area contributed by atoms with E-state index in [0.717, 1.165) is 0 Å². The molecule has 1 aliphatic heterocycles. The van der Waals surface area contributed by atoms with Gasteiger partial charge in [-0.25, -0.2) is 4.98 Å². The molecule has 1 aliphatic rings. The number of nitrogens with zero attached hydrogens (tertiary/aromatic N) is 2. The minimum atomic E-state index is -0.620. The maximum atomic E-state index is 12.1. The first-order chi connectivity index (χ1) is 10.2. The van der Waals surface area contributed by atoms with Crippen molar-refractivity contribution in [3.63, 3.8) is 0 Å². The molecule has 2 amide bonds. The monoisotopic (exact) mass is 308 g/mol. The molecular formula is C14H20N4O4. The first-order valence-corrected chi connectivity index (χ1v) is 7.04. The fourth-order valence-electron chi connectivity index (χ4n) is 2.12. The zero-order valence-corrected chi connectivity index (χ0v) is 13.1. The molecule has 120 valence electrons. The number of ether oxygens (including phenoxy) is 1. The number of aromatic nitrogens is 2. The van der Waals surface area contributed by atoms with Crippen LogP contribution in [0.5, 0.6) is 0 Å². The van der Waals surface area contributed by atoms with Gasteiger partial charge in [0.25, 0.3) is 11.8 Å². The third kappa shape index (κ3) is 3.44. The number of amides is 2. The van der Waals surface area contributed by atoms with Crippen LogP contribution in [0.2, 0.25) is 0 Å². The normalized spacial score (nSPS) is 17.5. The van der Waals surface area contributed by atoms with Gasteiger partial charge in [-0.2, -0.15) is 0 Å². The third-order valence-electron chi connectivity index (χ3n) is 3.07. The fraction of sp³-hybridized carbons (Fsp3) is 0.571. The van der Waals surface area contributed by atoms with Crippen molar-refractivity contribution in [1.82, 2.24) is 20.2 Å². The summed E-state index contributed by atoms with van der Waals surface area (Å²) in [7, 11) is 0. The quantitative estimate of drug-likeness (QED) is 0.780. The summed E-state index contributed by atoms with van der Waals surface area (Å²) in [5.41, 5.74) is -0.405. The van der Waals surface area contributed by atoms with Crippen molar-refractivity contribution in [3.8, 4) is 0 Å². The van der Waals surface area contributed by atoms with Gasteiger partial charge in [0.15, 0.2) is 5.69 Å². The second kappa shape index (κ2) is 5.78.